The van der Waals surface area contributed by atoms with Crippen LogP contribution in [0.15, 0.2) is 106 Å². The molecule has 0 saturated carbocycles. The van der Waals surface area contributed by atoms with E-state index in [0.29, 0.717) is 23.3 Å². The van der Waals surface area contributed by atoms with Crippen LogP contribution in [-0.2, 0) is 5.54 Å². The summed E-state index contributed by atoms with van der Waals surface area (Å²) in [5.41, 5.74) is 7.93. The van der Waals surface area contributed by atoms with E-state index in [-0.39, 0.29) is 11.5 Å². The highest BCUT2D eigenvalue weighted by atomic mass is 16.4. The first-order valence-electron chi connectivity index (χ1n) is 12.2. The number of rotatable bonds is 6. The third kappa shape index (κ3) is 5.05. The zero-order valence-electron chi connectivity index (χ0n) is 21.1. The Hall–Kier alpha value is -4.58. The minimum Gasteiger partial charge on any atom is -0.422 e. The normalized spacial score (nSPS) is 13.4. The summed E-state index contributed by atoms with van der Waals surface area (Å²) in [7, 11) is 0. The van der Waals surface area contributed by atoms with Gasteiger partial charge in [0.15, 0.2) is 0 Å². The number of hydrazine groups is 1. The molecule has 1 aliphatic heterocycles. The lowest BCUT2D eigenvalue weighted by atomic mass is 9.93. The maximum Gasteiger partial charge on any atom is 0.341 e. The minimum absolute atomic E-state index is 0.121. The van der Waals surface area contributed by atoms with Crippen molar-refractivity contribution < 1.29 is 9.21 Å². The van der Waals surface area contributed by atoms with Gasteiger partial charge in [0.1, 0.15) is 5.58 Å². The Morgan fingerprint density at radius 3 is 2.49 bits per heavy atom. The van der Waals surface area contributed by atoms with Crippen LogP contribution in [0, 0.1) is 6.92 Å². The van der Waals surface area contributed by atoms with Crippen molar-refractivity contribution in [2.45, 2.75) is 26.3 Å². The Labute approximate surface area is 215 Å². The number of para-hydroxylation sites is 1. The quantitative estimate of drug-likeness (QED) is 0.323. The molecule has 0 aliphatic carbocycles. The van der Waals surface area contributed by atoms with Crippen molar-refractivity contribution in [2.24, 2.45) is 0 Å². The molecule has 37 heavy (non-hydrogen) atoms. The van der Waals surface area contributed by atoms with Crippen LogP contribution in [0.5, 0.6) is 0 Å². The third-order valence-electron chi connectivity index (χ3n) is 6.62. The Bertz CT molecular complexity index is 1580. The molecule has 0 fully saturated rings. The standard InChI is InChI=1S/C31H29N3O3/c1-21-28(26-14-7-8-15-27(26)37-30(21)36)33-34-18-16-22(17-19-34)23-10-9-11-24(20-23)29(35)32-31(2,3)25-12-5-4-6-13-25/h4-18,20,33H,19H2,1-3H3,(H,32,35). The van der Waals surface area contributed by atoms with Gasteiger partial charge < -0.3 is 9.73 Å². The monoisotopic (exact) mass is 491 g/mol. The van der Waals surface area contributed by atoms with E-state index in [1.165, 1.54) is 0 Å². The first kappa shape index (κ1) is 24.1. The van der Waals surface area contributed by atoms with Crippen molar-refractivity contribution in [2.75, 3.05) is 12.0 Å². The van der Waals surface area contributed by atoms with Gasteiger partial charge in [-0.05, 0) is 67.8 Å². The highest BCUT2D eigenvalue weighted by molar-refractivity contribution is 5.96. The number of nitrogens with one attached hydrogen (secondary N) is 2. The van der Waals surface area contributed by atoms with E-state index in [1.807, 2.05) is 104 Å². The van der Waals surface area contributed by atoms with E-state index in [1.54, 1.807) is 13.0 Å². The van der Waals surface area contributed by atoms with Crippen molar-refractivity contribution in [3.05, 3.63) is 130 Å². The van der Waals surface area contributed by atoms with Gasteiger partial charge in [0.2, 0.25) is 0 Å². The molecule has 5 rings (SSSR count). The topological polar surface area (TPSA) is 74.6 Å². The highest BCUT2D eigenvalue weighted by Crippen LogP contribution is 2.27. The van der Waals surface area contributed by atoms with Crippen LogP contribution in [0.4, 0.5) is 5.69 Å². The Kier molecular flexibility index (Phi) is 6.40. The smallest absolute Gasteiger partial charge is 0.341 e. The fourth-order valence-corrected chi connectivity index (χ4v) is 4.45. The van der Waals surface area contributed by atoms with E-state index >= 15 is 0 Å². The second kappa shape index (κ2) is 9.82. The molecule has 2 N–H and O–H groups in total. The molecule has 0 bridgehead atoms. The number of hydrogen-bond acceptors (Lipinski definition) is 5. The molecule has 186 valence electrons. The van der Waals surface area contributed by atoms with Gasteiger partial charge in [0, 0.05) is 17.1 Å². The molecule has 1 aliphatic rings. The number of nitrogens with zero attached hydrogens (tertiary/aromatic N) is 1. The first-order chi connectivity index (χ1) is 17.8. The lowest BCUT2D eigenvalue weighted by molar-refractivity contribution is 0.0912. The number of amides is 1. The fraction of sp³-hybridized carbons (Fsp3) is 0.161. The molecule has 6 heteroatoms. The SMILES string of the molecule is Cc1c(NN2C=CC(c3cccc(C(=O)NC(C)(C)c4ccccc4)c3)=CC2)c2ccccc2oc1=O. The van der Waals surface area contributed by atoms with Crippen molar-refractivity contribution in [3.8, 4) is 0 Å². The molecular formula is C31H29N3O3. The lowest BCUT2D eigenvalue weighted by Crippen LogP contribution is -2.41. The van der Waals surface area contributed by atoms with Gasteiger partial charge in [-0.25, -0.2) is 4.79 Å². The summed E-state index contributed by atoms with van der Waals surface area (Å²) < 4.78 is 5.41. The summed E-state index contributed by atoms with van der Waals surface area (Å²) in [6, 6.07) is 25.1. The Morgan fingerprint density at radius 1 is 0.973 bits per heavy atom. The molecule has 1 aromatic heterocycles. The summed E-state index contributed by atoms with van der Waals surface area (Å²) in [5, 5.41) is 5.91. The van der Waals surface area contributed by atoms with Crippen LogP contribution >= 0.6 is 0 Å². The number of hydrogen-bond donors (Lipinski definition) is 2. The van der Waals surface area contributed by atoms with Crippen LogP contribution in [0.25, 0.3) is 16.5 Å². The summed E-state index contributed by atoms with van der Waals surface area (Å²) in [6.45, 7) is 6.34. The molecular weight excluding hydrogens is 462 g/mol. The van der Waals surface area contributed by atoms with E-state index in [0.717, 1.165) is 27.8 Å². The summed E-state index contributed by atoms with van der Waals surface area (Å²) >= 11 is 0. The molecule has 0 saturated heterocycles. The van der Waals surface area contributed by atoms with Crippen LogP contribution < -0.4 is 16.4 Å². The van der Waals surface area contributed by atoms with Crippen molar-refractivity contribution >= 4 is 28.1 Å². The molecule has 2 heterocycles. The second-order valence-electron chi connectivity index (χ2n) is 9.65. The number of benzene rings is 3. The summed E-state index contributed by atoms with van der Waals surface area (Å²) in [4.78, 5) is 25.4. The second-order valence-corrected chi connectivity index (χ2v) is 9.65. The lowest BCUT2D eigenvalue weighted by Gasteiger charge is -2.27. The number of carbonyl (C=O) groups excluding carboxylic acids is 1. The van der Waals surface area contributed by atoms with Gasteiger partial charge in [-0.2, -0.15) is 0 Å². The Balaban J connectivity index is 1.31. The highest BCUT2D eigenvalue weighted by Gasteiger charge is 2.23. The zero-order valence-corrected chi connectivity index (χ0v) is 21.1. The average Bonchev–Trinajstić information content (AvgIpc) is 2.92. The van der Waals surface area contributed by atoms with E-state index in [9.17, 15) is 9.59 Å². The molecule has 1 amide bonds. The van der Waals surface area contributed by atoms with Gasteiger partial charge >= 0.3 is 5.63 Å². The van der Waals surface area contributed by atoms with Crippen LogP contribution in [-0.4, -0.2) is 17.5 Å². The molecule has 6 nitrogen and oxygen atoms in total. The predicted molar refractivity (Wildman–Crippen MR) is 148 cm³/mol. The zero-order chi connectivity index (χ0) is 26.0. The fourth-order valence-electron chi connectivity index (χ4n) is 4.45. The molecule has 0 spiro atoms. The minimum atomic E-state index is -0.499. The average molecular weight is 492 g/mol. The first-order valence-corrected chi connectivity index (χ1v) is 12.2. The van der Waals surface area contributed by atoms with Crippen molar-refractivity contribution in [3.63, 3.8) is 0 Å². The van der Waals surface area contributed by atoms with E-state index in [2.05, 4.69) is 16.8 Å². The van der Waals surface area contributed by atoms with Crippen LogP contribution in [0.1, 0.15) is 40.9 Å². The maximum atomic E-state index is 13.1. The summed E-state index contributed by atoms with van der Waals surface area (Å²) in [5.74, 6) is -0.121. The molecule has 3 aromatic carbocycles. The van der Waals surface area contributed by atoms with Gasteiger partial charge in [-0.15, -0.1) is 0 Å². The molecule has 4 aromatic rings. The molecule has 0 radical (unpaired) electrons. The van der Waals surface area contributed by atoms with Crippen molar-refractivity contribution in [1.82, 2.24) is 10.3 Å². The largest absolute Gasteiger partial charge is 0.422 e. The van der Waals surface area contributed by atoms with Crippen molar-refractivity contribution in [1.29, 1.82) is 0 Å². The number of fused-ring (bicyclic) bond motifs is 1. The summed E-state index contributed by atoms with van der Waals surface area (Å²) in [6.07, 6.45) is 6.01. The van der Waals surface area contributed by atoms with Crippen LogP contribution in [0.2, 0.25) is 0 Å². The van der Waals surface area contributed by atoms with Gasteiger partial charge in [-0.3, -0.25) is 15.2 Å². The maximum absolute atomic E-state index is 13.1. The van der Waals surface area contributed by atoms with Gasteiger partial charge in [-0.1, -0.05) is 60.7 Å². The predicted octanol–water partition coefficient (Wildman–Crippen LogP) is 6.01. The van der Waals surface area contributed by atoms with E-state index < -0.39 is 5.54 Å². The molecule has 0 atom stereocenters. The third-order valence-corrected chi connectivity index (χ3v) is 6.62. The van der Waals surface area contributed by atoms with E-state index in [4.69, 9.17) is 4.42 Å². The number of allylic oxidation sites excluding steroid dienone is 2. The van der Waals surface area contributed by atoms with Gasteiger partial charge in [0.05, 0.1) is 23.3 Å². The Morgan fingerprint density at radius 2 is 1.73 bits per heavy atom. The number of anilines is 1. The van der Waals surface area contributed by atoms with Crippen LogP contribution in [0.3, 0.4) is 0 Å². The number of carbonyl (C=O) groups is 1. The molecule has 0 unspecified atom stereocenters. The van der Waals surface area contributed by atoms with Gasteiger partial charge in [0.25, 0.3) is 5.91 Å².